The van der Waals surface area contributed by atoms with E-state index >= 15 is 0 Å². The number of aromatic nitrogens is 4. The molecule has 2 aromatic heterocycles. The van der Waals surface area contributed by atoms with E-state index in [1.54, 1.807) is 4.57 Å². The van der Waals surface area contributed by atoms with Gasteiger partial charge in [0.1, 0.15) is 18.0 Å². The van der Waals surface area contributed by atoms with Crippen LogP contribution in [0.25, 0.3) is 11.2 Å². The van der Waals surface area contributed by atoms with Crippen LogP contribution in [0.1, 0.15) is 6.04 Å². The van der Waals surface area contributed by atoms with Crippen LogP contribution in [-0.2, 0) is 0 Å². The Morgan fingerprint density at radius 2 is 2.33 bits per heavy atom. The van der Waals surface area contributed by atoms with Crippen molar-refractivity contribution in [2.75, 3.05) is 12.4 Å². The molecule has 18 heavy (non-hydrogen) atoms. The maximum Gasteiger partial charge on any atom is 0.165 e. The number of aliphatic hydroxyl groups excluding tert-OH is 1. The molecule has 3 heterocycles. The first-order valence-corrected chi connectivity index (χ1v) is 6.84. The third-order valence-corrected chi connectivity index (χ3v) is 4.70. The fourth-order valence-electron chi connectivity index (χ4n) is 2.11. The lowest BCUT2D eigenvalue weighted by Crippen LogP contribution is -2.25. The number of rotatable bonds is 2. The van der Waals surface area contributed by atoms with E-state index in [1.807, 2.05) is 0 Å². The van der Waals surface area contributed by atoms with Gasteiger partial charge in [0.05, 0.1) is 24.2 Å². The summed E-state index contributed by atoms with van der Waals surface area (Å²) in [5.41, 5.74) is 1.01. The Hall–Kier alpha value is -0.920. The fourth-order valence-corrected chi connectivity index (χ4v) is 3.54. The van der Waals surface area contributed by atoms with Gasteiger partial charge in [-0.05, 0) is 0 Å². The predicted octanol–water partition coefficient (Wildman–Crippen LogP) is 1.47. The van der Waals surface area contributed by atoms with E-state index in [1.165, 1.54) is 24.4 Å². The highest BCUT2D eigenvalue weighted by atomic mass is 35.5. The predicted molar refractivity (Wildman–Crippen MR) is 67.6 cm³/mol. The number of imidazole rings is 1. The van der Waals surface area contributed by atoms with Crippen LogP contribution in [0, 0.1) is 0 Å². The van der Waals surface area contributed by atoms with Gasteiger partial charge in [-0.15, -0.1) is 0 Å². The van der Waals surface area contributed by atoms with Gasteiger partial charge in [-0.2, -0.15) is 11.8 Å². The molecule has 1 aliphatic heterocycles. The van der Waals surface area contributed by atoms with Crippen molar-refractivity contribution in [2.45, 2.75) is 17.5 Å². The number of fused-ring (bicyclic) bond motifs is 1. The Morgan fingerprint density at radius 1 is 1.50 bits per heavy atom. The molecule has 3 atom stereocenters. The van der Waals surface area contributed by atoms with Crippen molar-refractivity contribution >= 4 is 34.5 Å². The maximum absolute atomic E-state index is 14.1. The first kappa shape index (κ1) is 12.1. The van der Waals surface area contributed by atoms with Crippen molar-refractivity contribution in [1.82, 2.24) is 19.5 Å². The SMILES string of the molecule is OC[C@@H]1SC[C@H](n2cnc3c(Cl)ncnc32)[C@H]1F. The van der Waals surface area contributed by atoms with Gasteiger partial charge in [0.15, 0.2) is 10.8 Å². The smallest absolute Gasteiger partial charge is 0.165 e. The van der Waals surface area contributed by atoms with Crippen LogP contribution in [0.2, 0.25) is 5.15 Å². The van der Waals surface area contributed by atoms with Gasteiger partial charge in [-0.1, -0.05) is 11.6 Å². The number of hydrogen-bond acceptors (Lipinski definition) is 5. The molecule has 1 N–H and O–H groups in total. The average molecular weight is 289 g/mol. The zero-order chi connectivity index (χ0) is 12.7. The number of hydrogen-bond donors (Lipinski definition) is 1. The van der Waals surface area contributed by atoms with Crippen LogP contribution in [0.3, 0.4) is 0 Å². The summed E-state index contributed by atoms with van der Waals surface area (Å²) in [6.45, 7) is -0.162. The van der Waals surface area contributed by atoms with E-state index in [9.17, 15) is 4.39 Å². The molecule has 0 aromatic carbocycles. The maximum atomic E-state index is 14.1. The highest BCUT2D eigenvalue weighted by Crippen LogP contribution is 2.38. The summed E-state index contributed by atoms with van der Waals surface area (Å²) >= 11 is 7.32. The summed E-state index contributed by atoms with van der Waals surface area (Å²) in [6.07, 6.45) is 1.75. The van der Waals surface area contributed by atoms with Gasteiger partial charge >= 0.3 is 0 Å². The van der Waals surface area contributed by atoms with Crippen molar-refractivity contribution in [3.8, 4) is 0 Å². The molecule has 1 fully saturated rings. The van der Waals surface area contributed by atoms with Crippen LogP contribution in [-0.4, -0.2) is 48.4 Å². The molecule has 1 aliphatic rings. The summed E-state index contributed by atoms with van der Waals surface area (Å²) in [5.74, 6) is 0.583. The van der Waals surface area contributed by atoms with Crippen molar-refractivity contribution in [3.05, 3.63) is 17.8 Å². The second-order valence-electron chi connectivity index (χ2n) is 4.05. The van der Waals surface area contributed by atoms with Crippen LogP contribution < -0.4 is 0 Å². The van der Waals surface area contributed by atoms with Crippen molar-refractivity contribution in [3.63, 3.8) is 0 Å². The van der Waals surface area contributed by atoms with E-state index in [4.69, 9.17) is 16.7 Å². The van der Waals surface area contributed by atoms with Crippen molar-refractivity contribution < 1.29 is 9.50 Å². The third kappa shape index (κ3) is 1.77. The molecule has 96 valence electrons. The topological polar surface area (TPSA) is 63.8 Å². The molecule has 0 aliphatic carbocycles. The minimum Gasteiger partial charge on any atom is -0.395 e. The van der Waals surface area contributed by atoms with Gasteiger partial charge < -0.3 is 9.67 Å². The minimum absolute atomic E-state index is 0.162. The van der Waals surface area contributed by atoms with Crippen molar-refractivity contribution in [2.24, 2.45) is 0 Å². The van der Waals surface area contributed by atoms with Gasteiger partial charge in [0.25, 0.3) is 0 Å². The van der Waals surface area contributed by atoms with E-state index in [0.29, 0.717) is 16.9 Å². The molecule has 8 heteroatoms. The zero-order valence-electron chi connectivity index (χ0n) is 9.20. The second kappa shape index (κ2) is 4.64. The second-order valence-corrected chi connectivity index (χ2v) is 5.68. The Morgan fingerprint density at radius 3 is 3.06 bits per heavy atom. The van der Waals surface area contributed by atoms with Crippen LogP contribution >= 0.6 is 23.4 Å². The van der Waals surface area contributed by atoms with Crippen LogP contribution in [0.15, 0.2) is 12.7 Å². The molecule has 5 nitrogen and oxygen atoms in total. The lowest BCUT2D eigenvalue weighted by atomic mass is 10.1. The monoisotopic (exact) mass is 288 g/mol. The van der Waals surface area contributed by atoms with E-state index < -0.39 is 6.17 Å². The molecular weight excluding hydrogens is 279 g/mol. The lowest BCUT2D eigenvalue weighted by molar-refractivity contribution is 0.200. The molecule has 0 bridgehead atoms. The Kier molecular flexibility index (Phi) is 3.13. The van der Waals surface area contributed by atoms with Gasteiger partial charge in [-0.25, -0.2) is 19.3 Å². The lowest BCUT2D eigenvalue weighted by Gasteiger charge is -2.16. The molecule has 0 unspecified atom stereocenters. The van der Waals surface area contributed by atoms with Gasteiger partial charge in [0, 0.05) is 5.75 Å². The highest BCUT2D eigenvalue weighted by molar-refractivity contribution is 8.00. The number of halogens is 2. The summed E-state index contributed by atoms with van der Waals surface area (Å²) in [4.78, 5) is 12.1. The third-order valence-electron chi connectivity index (χ3n) is 3.06. The van der Waals surface area contributed by atoms with Crippen LogP contribution in [0.5, 0.6) is 0 Å². The molecule has 0 radical (unpaired) electrons. The quantitative estimate of drug-likeness (QED) is 0.848. The van der Waals surface area contributed by atoms with E-state index in [0.717, 1.165) is 0 Å². The number of thioether (sulfide) groups is 1. The zero-order valence-corrected chi connectivity index (χ0v) is 10.8. The Labute approximate surface area is 111 Å². The van der Waals surface area contributed by atoms with Gasteiger partial charge in [-0.3, -0.25) is 0 Å². The molecule has 2 aromatic rings. The average Bonchev–Trinajstić information content (AvgIpc) is 2.93. The number of nitrogens with zero attached hydrogens (tertiary/aromatic N) is 4. The molecule has 1 saturated heterocycles. The summed E-state index contributed by atoms with van der Waals surface area (Å²) in [7, 11) is 0. The first-order valence-electron chi connectivity index (χ1n) is 5.42. The van der Waals surface area contributed by atoms with Crippen LogP contribution in [0.4, 0.5) is 4.39 Å². The van der Waals surface area contributed by atoms with Gasteiger partial charge in [0.2, 0.25) is 0 Å². The molecule has 3 rings (SSSR count). The standard InChI is InChI=1S/C10H10ClFN4OS/c11-9-8-10(14-3-13-9)16(4-15-8)5-2-18-6(1-17)7(5)12/h3-7,17H,1-2H2/t5-,6-,7+/m0/s1. The molecule has 0 spiro atoms. The summed E-state index contributed by atoms with van der Waals surface area (Å²) in [6, 6.07) is -0.372. The van der Waals surface area contributed by atoms with E-state index in [-0.39, 0.29) is 23.1 Å². The highest BCUT2D eigenvalue weighted by Gasteiger charge is 2.38. The molecule has 0 saturated carbocycles. The largest absolute Gasteiger partial charge is 0.395 e. The molecule has 0 amide bonds. The number of alkyl halides is 1. The Bertz CT molecular complexity index is 580. The molecular formula is C10H10ClFN4OS. The summed E-state index contributed by atoms with van der Waals surface area (Å²) < 4.78 is 15.8. The Balaban J connectivity index is 2.03. The number of aliphatic hydroxyl groups is 1. The fraction of sp³-hybridized carbons (Fsp3) is 0.500. The van der Waals surface area contributed by atoms with E-state index in [2.05, 4.69) is 15.0 Å². The normalized spacial score (nSPS) is 28.1. The first-order chi connectivity index (χ1) is 8.72. The van der Waals surface area contributed by atoms with Crippen molar-refractivity contribution in [1.29, 1.82) is 0 Å². The summed E-state index contributed by atoms with van der Waals surface area (Å²) in [5, 5.41) is 8.95. The minimum atomic E-state index is -1.12.